The maximum absolute atomic E-state index is 13.4. The summed E-state index contributed by atoms with van der Waals surface area (Å²) in [5.41, 5.74) is 1.63. The van der Waals surface area contributed by atoms with Gasteiger partial charge in [-0.2, -0.15) is 0 Å². The highest BCUT2D eigenvalue weighted by Crippen LogP contribution is 2.29. The van der Waals surface area contributed by atoms with E-state index in [-0.39, 0.29) is 43.7 Å². The van der Waals surface area contributed by atoms with Crippen LogP contribution in [-0.4, -0.2) is 50.5 Å². The standard InChI is InChI=1S/C26H34Cl3N3O4S/c1-17(2)15-30-26(34)19(4)31(16-20-22(28)10-6-11-23(20)29)25(33)13-8-14-32(37(5,35)36)24-12-7-9-21(27)18(24)3/h6-7,9-12,17,19H,8,13-16H2,1-5H3,(H,30,34)/t19-/m1/s1. The van der Waals surface area contributed by atoms with E-state index in [1.165, 1.54) is 9.21 Å². The van der Waals surface area contributed by atoms with Gasteiger partial charge in [-0.1, -0.05) is 60.8 Å². The Morgan fingerprint density at radius 2 is 1.54 bits per heavy atom. The van der Waals surface area contributed by atoms with Crippen molar-refractivity contribution in [2.45, 2.75) is 53.1 Å². The molecule has 2 aromatic rings. The predicted octanol–water partition coefficient (Wildman–Crippen LogP) is 5.69. The Kier molecular flexibility index (Phi) is 11.6. The normalized spacial score (nSPS) is 12.4. The van der Waals surface area contributed by atoms with Crippen LogP contribution in [0, 0.1) is 12.8 Å². The number of anilines is 1. The summed E-state index contributed by atoms with van der Waals surface area (Å²) >= 11 is 18.9. The third kappa shape index (κ3) is 8.77. The van der Waals surface area contributed by atoms with Gasteiger partial charge in [0.15, 0.2) is 0 Å². The van der Waals surface area contributed by atoms with Crippen molar-refractivity contribution in [2.24, 2.45) is 5.92 Å². The van der Waals surface area contributed by atoms with E-state index in [1.807, 2.05) is 13.8 Å². The molecule has 7 nitrogen and oxygen atoms in total. The van der Waals surface area contributed by atoms with E-state index >= 15 is 0 Å². The zero-order valence-electron chi connectivity index (χ0n) is 21.7. The van der Waals surface area contributed by atoms with E-state index in [0.29, 0.717) is 38.4 Å². The Hall–Kier alpha value is -2.00. The summed E-state index contributed by atoms with van der Waals surface area (Å²) in [5.74, 6) is -0.368. The zero-order valence-corrected chi connectivity index (χ0v) is 24.8. The van der Waals surface area contributed by atoms with E-state index in [2.05, 4.69) is 5.32 Å². The number of amides is 2. The second-order valence-electron chi connectivity index (χ2n) is 9.36. The smallest absolute Gasteiger partial charge is 0.242 e. The Morgan fingerprint density at radius 3 is 2.11 bits per heavy atom. The molecule has 0 aliphatic heterocycles. The first-order chi connectivity index (χ1) is 17.2. The quantitative estimate of drug-likeness (QED) is 0.344. The molecule has 1 atom stereocenters. The molecular weight excluding hydrogens is 557 g/mol. The largest absolute Gasteiger partial charge is 0.354 e. The van der Waals surface area contributed by atoms with Crippen LogP contribution in [0.3, 0.4) is 0 Å². The Labute approximate surface area is 235 Å². The Balaban J connectivity index is 2.25. The van der Waals surface area contributed by atoms with Gasteiger partial charge < -0.3 is 10.2 Å². The number of halogens is 3. The summed E-state index contributed by atoms with van der Waals surface area (Å²) in [6.45, 7) is 7.93. The van der Waals surface area contributed by atoms with Crippen LogP contribution >= 0.6 is 34.8 Å². The lowest BCUT2D eigenvalue weighted by Gasteiger charge is -2.30. The van der Waals surface area contributed by atoms with Crippen LogP contribution < -0.4 is 9.62 Å². The maximum atomic E-state index is 13.4. The number of carbonyl (C=O) groups is 2. The molecule has 2 aromatic carbocycles. The van der Waals surface area contributed by atoms with Crippen molar-refractivity contribution in [3.05, 3.63) is 62.6 Å². The van der Waals surface area contributed by atoms with Gasteiger partial charge >= 0.3 is 0 Å². The second kappa shape index (κ2) is 13.7. The summed E-state index contributed by atoms with van der Waals surface area (Å²) in [6.07, 6.45) is 1.35. The van der Waals surface area contributed by atoms with Crippen LogP contribution in [0.15, 0.2) is 36.4 Å². The van der Waals surface area contributed by atoms with Gasteiger partial charge in [0, 0.05) is 46.7 Å². The Bertz CT molecular complexity index is 1200. The van der Waals surface area contributed by atoms with Crippen molar-refractivity contribution in [3.63, 3.8) is 0 Å². The highest BCUT2D eigenvalue weighted by Gasteiger charge is 2.28. The number of benzene rings is 2. The van der Waals surface area contributed by atoms with Crippen molar-refractivity contribution in [1.82, 2.24) is 10.2 Å². The summed E-state index contributed by atoms with van der Waals surface area (Å²) < 4.78 is 26.3. The molecule has 0 saturated heterocycles. The molecular formula is C26H34Cl3N3O4S. The molecule has 0 fully saturated rings. The van der Waals surface area contributed by atoms with Gasteiger partial charge in [0.2, 0.25) is 21.8 Å². The van der Waals surface area contributed by atoms with Crippen molar-refractivity contribution in [2.75, 3.05) is 23.7 Å². The lowest BCUT2D eigenvalue weighted by atomic mass is 10.1. The molecule has 1 N–H and O–H groups in total. The van der Waals surface area contributed by atoms with Crippen molar-refractivity contribution < 1.29 is 18.0 Å². The summed E-state index contributed by atoms with van der Waals surface area (Å²) in [7, 11) is -3.63. The van der Waals surface area contributed by atoms with Gasteiger partial charge in [0.25, 0.3) is 0 Å². The van der Waals surface area contributed by atoms with Crippen molar-refractivity contribution >= 4 is 62.3 Å². The van der Waals surface area contributed by atoms with Crippen LogP contribution in [0.5, 0.6) is 0 Å². The van der Waals surface area contributed by atoms with E-state index < -0.39 is 16.1 Å². The Morgan fingerprint density at radius 1 is 0.973 bits per heavy atom. The third-order valence-corrected chi connectivity index (χ3v) is 8.20. The number of hydrogen-bond donors (Lipinski definition) is 1. The van der Waals surface area contributed by atoms with Crippen LogP contribution in [0.1, 0.15) is 44.7 Å². The summed E-state index contributed by atoms with van der Waals surface area (Å²) in [5, 5.41) is 4.09. The molecule has 0 radical (unpaired) electrons. The molecule has 0 aliphatic rings. The minimum absolute atomic E-state index is 0.00943. The predicted molar refractivity (Wildman–Crippen MR) is 152 cm³/mol. The van der Waals surface area contributed by atoms with Gasteiger partial charge in [-0.3, -0.25) is 13.9 Å². The van der Waals surface area contributed by atoms with Crippen LogP contribution in [0.4, 0.5) is 5.69 Å². The van der Waals surface area contributed by atoms with Gasteiger partial charge in [0.1, 0.15) is 6.04 Å². The van der Waals surface area contributed by atoms with Crippen molar-refractivity contribution in [3.8, 4) is 0 Å². The molecule has 2 rings (SSSR count). The average molecular weight is 591 g/mol. The maximum Gasteiger partial charge on any atom is 0.242 e. The molecule has 37 heavy (non-hydrogen) atoms. The highest BCUT2D eigenvalue weighted by molar-refractivity contribution is 7.92. The topological polar surface area (TPSA) is 86.8 Å². The van der Waals surface area contributed by atoms with Crippen LogP contribution in [0.25, 0.3) is 0 Å². The molecule has 0 aromatic heterocycles. The lowest BCUT2D eigenvalue weighted by molar-refractivity contribution is -0.140. The number of rotatable bonds is 12. The van der Waals surface area contributed by atoms with E-state index in [4.69, 9.17) is 34.8 Å². The summed E-state index contributed by atoms with van der Waals surface area (Å²) in [6, 6.07) is 9.31. The summed E-state index contributed by atoms with van der Waals surface area (Å²) in [4.78, 5) is 27.7. The molecule has 0 unspecified atom stereocenters. The van der Waals surface area contributed by atoms with Crippen molar-refractivity contribution in [1.29, 1.82) is 0 Å². The van der Waals surface area contributed by atoms with Gasteiger partial charge in [-0.15, -0.1) is 0 Å². The SMILES string of the molecule is Cc1c(Cl)cccc1N(CCCC(=O)N(Cc1c(Cl)cccc1Cl)[C@H](C)C(=O)NCC(C)C)S(C)(=O)=O. The fourth-order valence-electron chi connectivity index (χ4n) is 3.74. The third-order valence-electron chi connectivity index (χ3n) is 5.90. The van der Waals surface area contributed by atoms with E-state index in [1.54, 1.807) is 50.2 Å². The van der Waals surface area contributed by atoms with E-state index in [0.717, 1.165) is 6.26 Å². The second-order valence-corrected chi connectivity index (χ2v) is 12.5. The molecule has 11 heteroatoms. The number of nitrogens with one attached hydrogen (secondary N) is 1. The number of sulfonamides is 1. The highest BCUT2D eigenvalue weighted by atomic mass is 35.5. The van der Waals surface area contributed by atoms with Gasteiger partial charge in [0.05, 0.1) is 11.9 Å². The lowest BCUT2D eigenvalue weighted by Crippen LogP contribution is -2.48. The molecule has 0 bridgehead atoms. The molecule has 0 heterocycles. The number of carbonyl (C=O) groups excluding carboxylic acids is 2. The average Bonchev–Trinajstić information content (AvgIpc) is 2.81. The fraction of sp³-hybridized carbons (Fsp3) is 0.462. The first-order valence-electron chi connectivity index (χ1n) is 12.0. The first-order valence-corrected chi connectivity index (χ1v) is 14.9. The monoisotopic (exact) mass is 589 g/mol. The molecule has 0 aliphatic carbocycles. The molecule has 0 saturated carbocycles. The van der Waals surface area contributed by atoms with Gasteiger partial charge in [-0.05, 0) is 56.0 Å². The zero-order chi connectivity index (χ0) is 27.9. The van der Waals surface area contributed by atoms with Gasteiger partial charge in [-0.25, -0.2) is 8.42 Å². The fourth-order valence-corrected chi connectivity index (χ4v) is 5.44. The minimum Gasteiger partial charge on any atom is -0.354 e. The molecule has 2 amide bonds. The number of nitrogens with zero attached hydrogens (tertiary/aromatic N) is 2. The van der Waals surface area contributed by atoms with Crippen LogP contribution in [-0.2, 0) is 26.2 Å². The molecule has 204 valence electrons. The van der Waals surface area contributed by atoms with Crippen LogP contribution in [0.2, 0.25) is 15.1 Å². The first kappa shape index (κ1) is 31.2. The number of hydrogen-bond acceptors (Lipinski definition) is 4. The molecule has 0 spiro atoms. The minimum atomic E-state index is -3.63. The van der Waals surface area contributed by atoms with E-state index in [9.17, 15) is 18.0 Å².